The summed E-state index contributed by atoms with van der Waals surface area (Å²) in [7, 11) is 0. The molecule has 0 aromatic heterocycles. The first-order valence-electron chi connectivity index (χ1n) is 4.79. The monoisotopic (exact) mass is 150 g/mol. The summed E-state index contributed by atoms with van der Waals surface area (Å²) in [5.74, 6) is 2.78. The SMILES string of the molecule is C=CC1C2CCC(C2)C1(C)C. The number of allylic oxidation sites excluding steroid dienone is 1. The fourth-order valence-electron chi connectivity index (χ4n) is 3.39. The second-order valence-electron chi connectivity index (χ2n) is 4.85. The standard InChI is InChI=1S/C11H18/c1-4-10-8-5-6-9(7-8)11(10,2)3/h4,8-10H,1,5-7H2,2-3H3. The maximum Gasteiger partial charge on any atom is -0.0154 e. The molecular formula is C11H18. The van der Waals surface area contributed by atoms with Gasteiger partial charge >= 0.3 is 0 Å². The van der Waals surface area contributed by atoms with E-state index in [-0.39, 0.29) is 0 Å². The summed E-state index contributed by atoms with van der Waals surface area (Å²) in [6.07, 6.45) is 6.61. The minimum absolute atomic E-state index is 0.560. The molecule has 11 heavy (non-hydrogen) atoms. The van der Waals surface area contributed by atoms with Crippen molar-refractivity contribution in [2.75, 3.05) is 0 Å². The van der Waals surface area contributed by atoms with E-state index >= 15 is 0 Å². The highest BCUT2D eigenvalue weighted by molar-refractivity contribution is 5.07. The smallest absolute Gasteiger partial charge is 0.0154 e. The molecule has 2 saturated carbocycles. The topological polar surface area (TPSA) is 0 Å². The molecule has 0 amide bonds. The Bertz CT molecular complexity index is 178. The van der Waals surface area contributed by atoms with Gasteiger partial charge in [-0.15, -0.1) is 6.58 Å². The van der Waals surface area contributed by atoms with E-state index in [1.807, 2.05) is 0 Å². The average Bonchev–Trinajstić information content (AvgIpc) is 2.44. The van der Waals surface area contributed by atoms with Crippen LogP contribution in [-0.2, 0) is 0 Å². The minimum atomic E-state index is 0.560. The lowest BCUT2D eigenvalue weighted by atomic mass is 9.69. The zero-order chi connectivity index (χ0) is 8.06. The van der Waals surface area contributed by atoms with Crippen LogP contribution in [0.2, 0.25) is 0 Å². The highest BCUT2D eigenvalue weighted by Crippen LogP contribution is 2.59. The molecular weight excluding hydrogens is 132 g/mol. The molecule has 3 atom stereocenters. The predicted octanol–water partition coefficient (Wildman–Crippen LogP) is 3.24. The Balaban J connectivity index is 2.27. The highest BCUT2D eigenvalue weighted by atomic mass is 14.6. The van der Waals surface area contributed by atoms with Crippen molar-refractivity contribution >= 4 is 0 Å². The lowest BCUT2D eigenvalue weighted by molar-refractivity contribution is 0.159. The van der Waals surface area contributed by atoms with E-state index < -0.39 is 0 Å². The number of hydrogen-bond donors (Lipinski definition) is 0. The summed E-state index contributed by atoms with van der Waals surface area (Å²) >= 11 is 0. The summed E-state index contributed by atoms with van der Waals surface area (Å²) in [6.45, 7) is 8.80. The Morgan fingerprint density at radius 2 is 2.09 bits per heavy atom. The summed E-state index contributed by atoms with van der Waals surface area (Å²) in [5.41, 5.74) is 0.560. The van der Waals surface area contributed by atoms with Crippen molar-refractivity contribution in [2.24, 2.45) is 23.2 Å². The molecule has 2 fully saturated rings. The molecule has 0 heterocycles. The van der Waals surface area contributed by atoms with Gasteiger partial charge in [0.05, 0.1) is 0 Å². The number of fused-ring (bicyclic) bond motifs is 2. The Labute approximate surface area is 69.7 Å². The molecule has 0 heteroatoms. The van der Waals surface area contributed by atoms with Crippen LogP contribution >= 0.6 is 0 Å². The largest absolute Gasteiger partial charge is 0.103 e. The van der Waals surface area contributed by atoms with Crippen molar-refractivity contribution in [1.29, 1.82) is 0 Å². The Morgan fingerprint density at radius 3 is 2.45 bits per heavy atom. The molecule has 3 unspecified atom stereocenters. The van der Waals surface area contributed by atoms with E-state index in [4.69, 9.17) is 0 Å². The normalized spacial score (nSPS) is 46.2. The van der Waals surface area contributed by atoms with Crippen LogP contribution in [0.5, 0.6) is 0 Å². The van der Waals surface area contributed by atoms with Crippen LogP contribution in [0.4, 0.5) is 0 Å². The molecule has 0 radical (unpaired) electrons. The summed E-state index contributed by atoms with van der Waals surface area (Å²) in [6, 6.07) is 0. The summed E-state index contributed by atoms with van der Waals surface area (Å²) < 4.78 is 0. The van der Waals surface area contributed by atoms with Gasteiger partial charge in [0.15, 0.2) is 0 Å². The Kier molecular flexibility index (Phi) is 1.42. The predicted molar refractivity (Wildman–Crippen MR) is 48.3 cm³/mol. The fraction of sp³-hybridized carbons (Fsp3) is 0.818. The van der Waals surface area contributed by atoms with Crippen LogP contribution in [0.3, 0.4) is 0 Å². The van der Waals surface area contributed by atoms with Crippen molar-refractivity contribution in [3.05, 3.63) is 12.7 Å². The number of hydrogen-bond acceptors (Lipinski definition) is 0. The molecule has 2 aliphatic carbocycles. The average molecular weight is 150 g/mol. The first-order chi connectivity index (χ1) is 5.16. The van der Waals surface area contributed by atoms with E-state index in [2.05, 4.69) is 26.5 Å². The van der Waals surface area contributed by atoms with Crippen molar-refractivity contribution in [1.82, 2.24) is 0 Å². The van der Waals surface area contributed by atoms with Crippen molar-refractivity contribution in [3.63, 3.8) is 0 Å². The van der Waals surface area contributed by atoms with Crippen LogP contribution < -0.4 is 0 Å². The van der Waals surface area contributed by atoms with Gasteiger partial charge in [0.25, 0.3) is 0 Å². The van der Waals surface area contributed by atoms with Gasteiger partial charge in [-0.1, -0.05) is 19.9 Å². The van der Waals surface area contributed by atoms with Crippen LogP contribution in [-0.4, -0.2) is 0 Å². The van der Waals surface area contributed by atoms with Gasteiger partial charge in [0, 0.05) is 0 Å². The zero-order valence-corrected chi connectivity index (χ0v) is 7.64. The molecule has 2 rings (SSSR count). The Hall–Kier alpha value is -0.260. The van der Waals surface area contributed by atoms with Gasteiger partial charge in [-0.25, -0.2) is 0 Å². The first kappa shape index (κ1) is 7.39. The maximum atomic E-state index is 3.96. The quantitative estimate of drug-likeness (QED) is 0.503. The van der Waals surface area contributed by atoms with Gasteiger partial charge in [0.1, 0.15) is 0 Å². The second-order valence-corrected chi connectivity index (χ2v) is 4.85. The van der Waals surface area contributed by atoms with E-state index in [1.165, 1.54) is 19.3 Å². The molecule has 0 aromatic carbocycles. The lowest BCUT2D eigenvalue weighted by Gasteiger charge is -2.36. The van der Waals surface area contributed by atoms with Crippen LogP contribution in [0, 0.1) is 23.2 Å². The molecule has 2 aliphatic rings. The molecule has 2 bridgehead atoms. The molecule has 0 spiro atoms. The molecule has 62 valence electrons. The third-order valence-electron chi connectivity index (χ3n) is 4.15. The first-order valence-corrected chi connectivity index (χ1v) is 4.79. The van der Waals surface area contributed by atoms with Crippen molar-refractivity contribution < 1.29 is 0 Å². The summed E-state index contributed by atoms with van der Waals surface area (Å²) in [5, 5.41) is 0. The van der Waals surface area contributed by atoms with Crippen LogP contribution in [0.15, 0.2) is 12.7 Å². The van der Waals surface area contributed by atoms with Gasteiger partial charge < -0.3 is 0 Å². The highest BCUT2D eigenvalue weighted by Gasteiger charge is 2.50. The van der Waals surface area contributed by atoms with Gasteiger partial charge in [-0.3, -0.25) is 0 Å². The fourth-order valence-corrected chi connectivity index (χ4v) is 3.39. The maximum absolute atomic E-state index is 3.96. The zero-order valence-electron chi connectivity index (χ0n) is 7.64. The van der Waals surface area contributed by atoms with E-state index in [0.717, 1.165) is 17.8 Å². The van der Waals surface area contributed by atoms with Crippen LogP contribution in [0.1, 0.15) is 33.1 Å². The van der Waals surface area contributed by atoms with Crippen molar-refractivity contribution in [2.45, 2.75) is 33.1 Å². The van der Waals surface area contributed by atoms with Gasteiger partial charge in [-0.2, -0.15) is 0 Å². The van der Waals surface area contributed by atoms with Gasteiger partial charge in [-0.05, 0) is 42.4 Å². The summed E-state index contributed by atoms with van der Waals surface area (Å²) in [4.78, 5) is 0. The molecule has 0 saturated heterocycles. The number of rotatable bonds is 1. The van der Waals surface area contributed by atoms with Gasteiger partial charge in [0.2, 0.25) is 0 Å². The third-order valence-corrected chi connectivity index (χ3v) is 4.15. The van der Waals surface area contributed by atoms with E-state index in [0.29, 0.717) is 5.41 Å². The third kappa shape index (κ3) is 0.816. The molecule has 0 nitrogen and oxygen atoms in total. The van der Waals surface area contributed by atoms with E-state index in [9.17, 15) is 0 Å². The lowest BCUT2D eigenvalue weighted by Crippen LogP contribution is -2.28. The van der Waals surface area contributed by atoms with E-state index in [1.54, 1.807) is 0 Å². The van der Waals surface area contributed by atoms with Crippen LogP contribution in [0.25, 0.3) is 0 Å². The molecule has 0 N–H and O–H groups in total. The Morgan fingerprint density at radius 1 is 1.36 bits per heavy atom. The molecule has 0 aromatic rings. The van der Waals surface area contributed by atoms with Crippen molar-refractivity contribution in [3.8, 4) is 0 Å². The second kappa shape index (κ2) is 2.12. The molecule has 0 aliphatic heterocycles. The minimum Gasteiger partial charge on any atom is -0.103 e.